The van der Waals surface area contributed by atoms with E-state index in [0.717, 1.165) is 13.0 Å². The Labute approximate surface area is 84.3 Å². The van der Waals surface area contributed by atoms with Crippen molar-refractivity contribution in [3.63, 3.8) is 0 Å². The van der Waals surface area contributed by atoms with Gasteiger partial charge < -0.3 is 10.4 Å². The van der Waals surface area contributed by atoms with Gasteiger partial charge in [-0.05, 0) is 38.3 Å². The summed E-state index contributed by atoms with van der Waals surface area (Å²) in [6, 6.07) is -0.416. The Morgan fingerprint density at radius 3 is 2.69 bits per heavy atom. The summed E-state index contributed by atoms with van der Waals surface area (Å²) >= 11 is 1.86. The lowest BCUT2D eigenvalue weighted by Crippen LogP contribution is -2.34. The van der Waals surface area contributed by atoms with E-state index >= 15 is 0 Å². The highest BCUT2D eigenvalue weighted by Gasteiger charge is 2.07. The average Bonchev–Trinajstić information content (AvgIpc) is 2.10. The number of carboxylic acid groups (broad SMARTS) is 1. The fourth-order valence-electron chi connectivity index (χ4n) is 0.954. The average molecular weight is 205 g/mol. The highest BCUT2D eigenvalue weighted by molar-refractivity contribution is 7.98. The van der Waals surface area contributed by atoms with Crippen LogP contribution in [0.15, 0.2) is 0 Å². The third-order valence-electron chi connectivity index (χ3n) is 1.85. The first-order valence-corrected chi connectivity index (χ1v) is 6.03. The van der Waals surface area contributed by atoms with Crippen molar-refractivity contribution in [3.8, 4) is 0 Å². The van der Waals surface area contributed by atoms with Crippen LogP contribution in [0.25, 0.3) is 0 Å². The van der Waals surface area contributed by atoms with E-state index in [9.17, 15) is 4.79 Å². The van der Waals surface area contributed by atoms with Crippen LogP contribution in [0.5, 0.6) is 0 Å². The minimum Gasteiger partial charge on any atom is -0.480 e. The summed E-state index contributed by atoms with van der Waals surface area (Å²) in [5.41, 5.74) is 0. The molecule has 0 aliphatic rings. The molecule has 0 aromatic heterocycles. The van der Waals surface area contributed by atoms with Gasteiger partial charge in [0.2, 0.25) is 0 Å². The molecule has 2 N–H and O–H groups in total. The molecule has 0 radical (unpaired) electrons. The summed E-state index contributed by atoms with van der Waals surface area (Å²) in [5, 5.41) is 11.5. The van der Waals surface area contributed by atoms with Crippen molar-refractivity contribution in [1.82, 2.24) is 5.32 Å². The SMILES string of the molecule is CSCCCCCNC(C)C(=O)O. The zero-order valence-corrected chi connectivity index (χ0v) is 9.19. The van der Waals surface area contributed by atoms with Gasteiger partial charge in [0, 0.05) is 0 Å². The standard InChI is InChI=1S/C9H19NO2S/c1-8(9(11)12)10-6-4-3-5-7-13-2/h8,10H,3-7H2,1-2H3,(H,11,12). The number of thioether (sulfide) groups is 1. The molecule has 1 atom stereocenters. The molecule has 4 heteroatoms. The minimum absolute atomic E-state index is 0.416. The van der Waals surface area contributed by atoms with Gasteiger partial charge in [-0.3, -0.25) is 4.79 Å². The molecule has 13 heavy (non-hydrogen) atoms. The van der Waals surface area contributed by atoms with Crippen LogP contribution in [0.4, 0.5) is 0 Å². The summed E-state index contributed by atoms with van der Waals surface area (Å²) in [4.78, 5) is 10.4. The number of hydrogen-bond acceptors (Lipinski definition) is 3. The van der Waals surface area contributed by atoms with Gasteiger partial charge in [0.1, 0.15) is 6.04 Å². The lowest BCUT2D eigenvalue weighted by Gasteiger charge is -2.08. The molecule has 0 bridgehead atoms. The molecule has 0 saturated carbocycles. The Morgan fingerprint density at radius 2 is 2.15 bits per heavy atom. The van der Waals surface area contributed by atoms with Crippen molar-refractivity contribution in [1.29, 1.82) is 0 Å². The number of rotatable bonds is 8. The molecule has 0 saturated heterocycles. The zero-order valence-electron chi connectivity index (χ0n) is 8.38. The van der Waals surface area contributed by atoms with Gasteiger partial charge in [0.15, 0.2) is 0 Å². The highest BCUT2D eigenvalue weighted by Crippen LogP contribution is 2.01. The number of carbonyl (C=O) groups is 1. The number of nitrogens with one attached hydrogen (secondary N) is 1. The Bertz CT molecular complexity index is 142. The Balaban J connectivity index is 3.11. The summed E-state index contributed by atoms with van der Waals surface area (Å²) in [5.74, 6) is 0.429. The molecule has 3 nitrogen and oxygen atoms in total. The van der Waals surface area contributed by atoms with Crippen molar-refractivity contribution < 1.29 is 9.90 Å². The largest absolute Gasteiger partial charge is 0.480 e. The van der Waals surface area contributed by atoms with E-state index in [1.54, 1.807) is 6.92 Å². The topological polar surface area (TPSA) is 49.3 Å². The predicted molar refractivity (Wildman–Crippen MR) is 57.3 cm³/mol. The lowest BCUT2D eigenvalue weighted by atomic mass is 10.2. The van der Waals surface area contributed by atoms with E-state index in [2.05, 4.69) is 11.6 Å². The van der Waals surface area contributed by atoms with Crippen molar-refractivity contribution in [3.05, 3.63) is 0 Å². The zero-order chi connectivity index (χ0) is 10.1. The lowest BCUT2D eigenvalue weighted by molar-refractivity contribution is -0.138. The van der Waals surface area contributed by atoms with Crippen LogP contribution in [-0.4, -0.2) is 35.7 Å². The first-order valence-electron chi connectivity index (χ1n) is 4.63. The van der Waals surface area contributed by atoms with E-state index in [0.29, 0.717) is 0 Å². The summed E-state index contributed by atoms with van der Waals surface area (Å²) < 4.78 is 0. The van der Waals surface area contributed by atoms with Crippen LogP contribution < -0.4 is 5.32 Å². The molecular weight excluding hydrogens is 186 g/mol. The Kier molecular flexibility index (Phi) is 8.24. The molecule has 0 fully saturated rings. The van der Waals surface area contributed by atoms with E-state index in [1.807, 2.05) is 11.8 Å². The Hall–Kier alpha value is -0.220. The van der Waals surface area contributed by atoms with Gasteiger partial charge in [-0.2, -0.15) is 11.8 Å². The van der Waals surface area contributed by atoms with Crippen molar-refractivity contribution in [2.75, 3.05) is 18.6 Å². The molecule has 0 aliphatic carbocycles. The first kappa shape index (κ1) is 12.8. The minimum atomic E-state index is -0.774. The molecule has 78 valence electrons. The van der Waals surface area contributed by atoms with Crippen LogP contribution >= 0.6 is 11.8 Å². The van der Waals surface area contributed by atoms with Crippen LogP contribution in [-0.2, 0) is 4.79 Å². The van der Waals surface area contributed by atoms with Crippen LogP contribution in [0, 0.1) is 0 Å². The van der Waals surface area contributed by atoms with Gasteiger partial charge in [0.25, 0.3) is 0 Å². The molecule has 0 rings (SSSR count). The smallest absolute Gasteiger partial charge is 0.320 e. The number of carboxylic acids is 1. The maximum atomic E-state index is 10.4. The summed E-state index contributed by atoms with van der Waals surface area (Å²) in [6.07, 6.45) is 5.58. The quantitative estimate of drug-likeness (QED) is 0.591. The highest BCUT2D eigenvalue weighted by atomic mass is 32.2. The van der Waals surface area contributed by atoms with Crippen molar-refractivity contribution in [2.45, 2.75) is 32.2 Å². The van der Waals surface area contributed by atoms with Gasteiger partial charge >= 0.3 is 5.97 Å². The Morgan fingerprint density at radius 1 is 1.46 bits per heavy atom. The fourth-order valence-corrected chi connectivity index (χ4v) is 1.45. The van der Waals surface area contributed by atoms with E-state index < -0.39 is 12.0 Å². The van der Waals surface area contributed by atoms with Gasteiger partial charge in [-0.25, -0.2) is 0 Å². The van der Waals surface area contributed by atoms with Gasteiger partial charge in [-0.15, -0.1) is 0 Å². The maximum Gasteiger partial charge on any atom is 0.320 e. The monoisotopic (exact) mass is 205 g/mol. The molecule has 1 unspecified atom stereocenters. The summed E-state index contributed by atoms with van der Waals surface area (Å²) in [6.45, 7) is 2.48. The number of aliphatic carboxylic acids is 1. The number of hydrogen-bond donors (Lipinski definition) is 2. The fraction of sp³-hybridized carbons (Fsp3) is 0.889. The second-order valence-electron chi connectivity index (χ2n) is 3.07. The second-order valence-corrected chi connectivity index (χ2v) is 4.05. The van der Waals surface area contributed by atoms with Crippen LogP contribution in [0.1, 0.15) is 26.2 Å². The first-order chi connectivity index (χ1) is 6.18. The molecule has 0 aliphatic heterocycles. The van der Waals surface area contributed by atoms with Crippen LogP contribution in [0.2, 0.25) is 0 Å². The maximum absolute atomic E-state index is 10.4. The molecular formula is C9H19NO2S. The van der Waals surface area contributed by atoms with Gasteiger partial charge in [-0.1, -0.05) is 6.42 Å². The predicted octanol–water partition coefficient (Wildman–Crippen LogP) is 1.58. The molecule has 0 amide bonds. The van der Waals surface area contributed by atoms with Gasteiger partial charge in [0.05, 0.1) is 0 Å². The van der Waals surface area contributed by atoms with E-state index in [1.165, 1.54) is 18.6 Å². The molecule has 0 aromatic rings. The third kappa shape index (κ3) is 8.12. The normalized spacial score (nSPS) is 12.8. The molecule has 0 heterocycles. The van der Waals surface area contributed by atoms with Crippen molar-refractivity contribution >= 4 is 17.7 Å². The number of unbranched alkanes of at least 4 members (excludes halogenated alkanes) is 2. The van der Waals surface area contributed by atoms with Crippen LogP contribution in [0.3, 0.4) is 0 Å². The second kappa shape index (κ2) is 8.38. The third-order valence-corrected chi connectivity index (χ3v) is 2.54. The van der Waals surface area contributed by atoms with Crippen molar-refractivity contribution in [2.24, 2.45) is 0 Å². The van der Waals surface area contributed by atoms with E-state index in [-0.39, 0.29) is 0 Å². The van der Waals surface area contributed by atoms with E-state index in [4.69, 9.17) is 5.11 Å². The summed E-state index contributed by atoms with van der Waals surface area (Å²) in [7, 11) is 0. The molecule has 0 aromatic carbocycles. The molecule has 0 spiro atoms.